The Kier molecular flexibility index (Phi) is 4.22. The molecular weight excluding hydrogens is 332 g/mol. The Morgan fingerprint density at radius 3 is 3.10 bits per heavy atom. The molecule has 21 heavy (non-hydrogen) atoms. The molecule has 0 saturated carbocycles. The van der Waals surface area contributed by atoms with E-state index >= 15 is 0 Å². The van der Waals surface area contributed by atoms with Crippen LogP contribution in [0.5, 0.6) is 0 Å². The summed E-state index contributed by atoms with van der Waals surface area (Å²) >= 11 is 3.87. The summed E-state index contributed by atoms with van der Waals surface area (Å²) < 4.78 is 5.81. The minimum absolute atomic E-state index is 0.0408. The third-order valence-corrected chi connectivity index (χ3v) is 5.69. The first-order valence-electron chi connectivity index (χ1n) is 7.50. The average Bonchev–Trinajstić information content (AvgIpc) is 2.95. The molecule has 0 aromatic heterocycles. The molecule has 0 aliphatic carbocycles. The molecule has 1 fully saturated rings. The van der Waals surface area contributed by atoms with Crippen LogP contribution in [0, 0.1) is 5.92 Å². The number of rotatable bonds is 3. The van der Waals surface area contributed by atoms with Crippen molar-refractivity contribution in [1.82, 2.24) is 4.90 Å². The van der Waals surface area contributed by atoms with E-state index in [-0.39, 0.29) is 6.03 Å². The first-order chi connectivity index (χ1) is 10.1. The SMILES string of the molecule is CCC1OCCC1C(Br)c1ccc2c(c1)CN(C)C(=O)N2. The monoisotopic (exact) mass is 352 g/mol. The van der Waals surface area contributed by atoms with Gasteiger partial charge in [-0.25, -0.2) is 4.79 Å². The quantitative estimate of drug-likeness (QED) is 0.837. The van der Waals surface area contributed by atoms with Crippen molar-refractivity contribution in [3.05, 3.63) is 29.3 Å². The standard InChI is InChI=1S/C16H21BrN2O2/c1-3-14-12(6-7-21-14)15(17)10-4-5-13-11(8-10)9-19(2)16(20)18-13/h4-5,8,12,14-15H,3,6-7,9H2,1-2H3,(H,18,20). The van der Waals surface area contributed by atoms with Crippen molar-refractivity contribution >= 4 is 27.6 Å². The van der Waals surface area contributed by atoms with Crippen molar-refractivity contribution in [2.45, 2.75) is 37.2 Å². The van der Waals surface area contributed by atoms with E-state index < -0.39 is 0 Å². The van der Waals surface area contributed by atoms with Crippen LogP contribution < -0.4 is 5.32 Å². The van der Waals surface area contributed by atoms with Gasteiger partial charge in [0.15, 0.2) is 0 Å². The summed E-state index contributed by atoms with van der Waals surface area (Å²) in [5.74, 6) is 0.518. The second-order valence-corrected chi connectivity index (χ2v) is 6.86. The molecule has 1 saturated heterocycles. The number of carbonyl (C=O) groups is 1. The number of benzene rings is 1. The van der Waals surface area contributed by atoms with E-state index in [1.807, 2.05) is 13.1 Å². The van der Waals surface area contributed by atoms with Crippen LogP contribution in [0.4, 0.5) is 10.5 Å². The first kappa shape index (κ1) is 14.9. The first-order valence-corrected chi connectivity index (χ1v) is 8.42. The molecule has 2 aliphatic rings. The minimum Gasteiger partial charge on any atom is -0.378 e. The topological polar surface area (TPSA) is 41.6 Å². The zero-order valence-corrected chi connectivity index (χ0v) is 14.0. The van der Waals surface area contributed by atoms with Gasteiger partial charge < -0.3 is 15.0 Å². The summed E-state index contributed by atoms with van der Waals surface area (Å²) in [5.41, 5.74) is 3.37. The average molecular weight is 353 g/mol. The molecule has 3 atom stereocenters. The Bertz CT molecular complexity index is 549. The van der Waals surface area contributed by atoms with Gasteiger partial charge in [0.2, 0.25) is 0 Å². The van der Waals surface area contributed by atoms with Crippen LogP contribution in [0.15, 0.2) is 18.2 Å². The molecule has 3 rings (SSSR count). The van der Waals surface area contributed by atoms with Crippen LogP contribution in [0.1, 0.15) is 35.7 Å². The molecule has 3 unspecified atom stereocenters. The molecule has 5 heteroatoms. The zero-order valence-electron chi connectivity index (χ0n) is 12.4. The number of carbonyl (C=O) groups excluding carboxylic acids is 1. The third kappa shape index (κ3) is 2.81. The lowest BCUT2D eigenvalue weighted by Gasteiger charge is -2.28. The number of urea groups is 1. The van der Waals surface area contributed by atoms with Crippen LogP contribution in [0.2, 0.25) is 0 Å². The van der Waals surface area contributed by atoms with Gasteiger partial charge in [-0.1, -0.05) is 35.0 Å². The van der Waals surface area contributed by atoms with Crippen molar-refractivity contribution in [2.75, 3.05) is 19.0 Å². The fraction of sp³-hybridized carbons (Fsp3) is 0.562. The number of nitrogens with one attached hydrogen (secondary N) is 1. The van der Waals surface area contributed by atoms with Crippen LogP contribution in [-0.2, 0) is 11.3 Å². The van der Waals surface area contributed by atoms with Gasteiger partial charge in [0.05, 0.1) is 6.10 Å². The molecule has 2 aliphatic heterocycles. The summed E-state index contributed by atoms with van der Waals surface area (Å²) in [4.78, 5) is 13.7. The lowest BCUT2D eigenvalue weighted by Crippen LogP contribution is -2.35. The normalized spacial score (nSPS) is 26.4. The van der Waals surface area contributed by atoms with Crippen LogP contribution >= 0.6 is 15.9 Å². The molecule has 1 aromatic rings. The predicted molar refractivity (Wildman–Crippen MR) is 86.7 cm³/mol. The second kappa shape index (κ2) is 5.97. The number of halogens is 1. The second-order valence-electron chi connectivity index (χ2n) is 5.87. The number of amides is 2. The molecule has 1 N–H and O–H groups in total. The molecule has 2 heterocycles. The summed E-state index contributed by atoms with van der Waals surface area (Å²) in [7, 11) is 1.81. The molecular formula is C16H21BrN2O2. The highest BCUT2D eigenvalue weighted by Crippen LogP contribution is 2.41. The van der Waals surface area contributed by atoms with Gasteiger partial charge in [-0.15, -0.1) is 0 Å². The summed E-state index contributed by atoms with van der Waals surface area (Å²) in [5, 5.41) is 2.91. The van der Waals surface area contributed by atoms with Crippen molar-refractivity contribution < 1.29 is 9.53 Å². The lowest BCUT2D eigenvalue weighted by molar-refractivity contribution is 0.0873. The van der Waals surface area contributed by atoms with Crippen molar-refractivity contribution in [3.8, 4) is 0 Å². The van der Waals surface area contributed by atoms with Gasteiger partial charge in [-0.2, -0.15) is 0 Å². The number of fused-ring (bicyclic) bond motifs is 1. The molecule has 0 spiro atoms. The third-order valence-electron chi connectivity index (χ3n) is 4.48. The highest BCUT2D eigenvalue weighted by molar-refractivity contribution is 9.09. The Balaban J connectivity index is 1.83. The summed E-state index contributed by atoms with van der Waals surface area (Å²) in [6.07, 6.45) is 2.49. The maximum atomic E-state index is 11.7. The van der Waals surface area contributed by atoms with Gasteiger partial charge in [-0.05, 0) is 30.0 Å². The maximum absolute atomic E-state index is 11.7. The molecule has 0 radical (unpaired) electrons. The number of hydrogen-bond acceptors (Lipinski definition) is 2. The lowest BCUT2D eigenvalue weighted by atomic mass is 9.90. The fourth-order valence-electron chi connectivity index (χ4n) is 3.24. The molecule has 4 nitrogen and oxygen atoms in total. The highest BCUT2D eigenvalue weighted by Gasteiger charge is 2.33. The van der Waals surface area contributed by atoms with Crippen molar-refractivity contribution in [3.63, 3.8) is 0 Å². The van der Waals surface area contributed by atoms with Crippen LogP contribution in [-0.4, -0.2) is 30.7 Å². The molecule has 0 bridgehead atoms. The molecule has 1 aromatic carbocycles. The van der Waals surface area contributed by atoms with E-state index in [1.165, 1.54) is 11.1 Å². The Morgan fingerprint density at radius 2 is 2.33 bits per heavy atom. The number of alkyl halides is 1. The summed E-state index contributed by atoms with van der Waals surface area (Å²) in [6, 6.07) is 6.28. The number of ether oxygens (including phenoxy) is 1. The zero-order chi connectivity index (χ0) is 15.0. The minimum atomic E-state index is -0.0408. The largest absolute Gasteiger partial charge is 0.378 e. The predicted octanol–water partition coefficient (Wildman–Crippen LogP) is 3.92. The maximum Gasteiger partial charge on any atom is 0.321 e. The van der Waals surface area contributed by atoms with E-state index in [9.17, 15) is 4.79 Å². The van der Waals surface area contributed by atoms with Gasteiger partial charge >= 0.3 is 6.03 Å². The number of nitrogens with zero attached hydrogens (tertiary/aromatic N) is 1. The Morgan fingerprint density at radius 1 is 1.52 bits per heavy atom. The van der Waals surface area contributed by atoms with Gasteiger partial charge in [-0.3, -0.25) is 0 Å². The molecule has 2 amide bonds. The number of hydrogen-bond donors (Lipinski definition) is 1. The van der Waals surface area contributed by atoms with E-state index in [0.29, 0.717) is 23.4 Å². The Labute approximate surface area is 134 Å². The van der Waals surface area contributed by atoms with Gasteiger partial charge in [0.25, 0.3) is 0 Å². The van der Waals surface area contributed by atoms with E-state index in [2.05, 4.69) is 40.3 Å². The number of anilines is 1. The fourth-order valence-corrected chi connectivity index (χ4v) is 4.13. The van der Waals surface area contributed by atoms with E-state index in [4.69, 9.17) is 4.74 Å². The van der Waals surface area contributed by atoms with Gasteiger partial charge in [0, 0.05) is 36.6 Å². The Hall–Kier alpha value is -1.07. The van der Waals surface area contributed by atoms with Crippen molar-refractivity contribution in [1.29, 1.82) is 0 Å². The van der Waals surface area contributed by atoms with E-state index in [1.54, 1.807) is 4.90 Å². The highest BCUT2D eigenvalue weighted by atomic mass is 79.9. The molecule has 114 valence electrons. The van der Waals surface area contributed by atoms with Crippen molar-refractivity contribution in [2.24, 2.45) is 5.92 Å². The van der Waals surface area contributed by atoms with Crippen LogP contribution in [0.25, 0.3) is 0 Å². The van der Waals surface area contributed by atoms with Gasteiger partial charge in [0.1, 0.15) is 0 Å². The van der Waals surface area contributed by atoms with E-state index in [0.717, 1.165) is 25.1 Å². The smallest absolute Gasteiger partial charge is 0.321 e. The van der Waals surface area contributed by atoms with Crippen LogP contribution in [0.3, 0.4) is 0 Å². The summed E-state index contributed by atoms with van der Waals surface area (Å²) in [6.45, 7) is 3.70.